The van der Waals surface area contributed by atoms with Crippen molar-refractivity contribution in [3.05, 3.63) is 77.1 Å². The first-order valence-corrected chi connectivity index (χ1v) is 8.83. The van der Waals surface area contributed by atoms with Crippen LogP contribution in [0.25, 0.3) is 12.2 Å². The molecule has 0 aliphatic heterocycles. The Bertz CT molecular complexity index is 779. The largest absolute Gasteiger partial charge is 0.463 e. The van der Waals surface area contributed by atoms with Gasteiger partial charge in [0.25, 0.3) is 0 Å². The molecule has 2 rings (SSSR count). The number of carbonyl (C=O) groups excluding carboxylic acids is 2. The lowest BCUT2D eigenvalue weighted by Crippen LogP contribution is -1.99. The Morgan fingerprint density at radius 2 is 1.52 bits per heavy atom. The zero-order chi connectivity index (χ0) is 19.5. The molecule has 0 saturated heterocycles. The first-order chi connectivity index (χ1) is 13.1. The number of esters is 2. The minimum absolute atomic E-state index is 0.331. The number of ether oxygens (including phenoxy) is 2. The lowest BCUT2D eigenvalue weighted by Gasteiger charge is -2.06. The monoisotopic (exact) mass is 365 g/mol. The van der Waals surface area contributed by atoms with Gasteiger partial charge in [-0.1, -0.05) is 18.2 Å². The Kier molecular flexibility index (Phi) is 7.97. The van der Waals surface area contributed by atoms with Crippen LogP contribution >= 0.6 is 0 Å². The Morgan fingerprint density at radius 3 is 2.00 bits per heavy atom. The van der Waals surface area contributed by atoms with Crippen molar-refractivity contribution in [2.75, 3.05) is 13.2 Å². The molecule has 140 valence electrons. The quantitative estimate of drug-likeness (QED) is 0.525. The van der Waals surface area contributed by atoms with Gasteiger partial charge in [0.05, 0.1) is 13.2 Å². The minimum atomic E-state index is -0.390. The third kappa shape index (κ3) is 7.28. The van der Waals surface area contributed by atoms with Crippen molar-refractivity contribution >= 4 is 24.1 Å². The molecule has 5 nitrogen and oxygen atoms in total. The Morgan fingerprint density at radius 1 is 0.926 bits per heavy atom. The van der Waals surface area contributed by atoms with Crippen LogP contribution in [0.1, 0.15) is 36.1 Å². The molecule has 0 atom stereocenters. The number of pyridine rings is 1. The highest BCUT2D eigenvalue weighted by atomic mass is 16.5. The second-order valence-electron chi connectivity index (χ2n) is 5.72. The SMILES string of the molecule is CCOC(=O)C=Cc1cc(C=CC(=O)OCC)cc(Cc2cccnc2)c1. The molecule has 1 aromatic heterocycles. The maximum atomic E-state index is 11.6. The van der Waals surface area contributed by atoms with E-state index in [0.717, 1.165) is 22.3 Å². The van der Waals surface area contributed by atoms with Crippen molar-refractivity contribution < 1.29 is 19.1 Å². The lowest BCUT2D eigenvalue weighted by molar-refractivity contribution is -0.138. The van der Waals surface area contributed by atoms with Crippen molar-refractivity contribution in [2.24, 2.45) is 0 Å². The van der Waals surface area contributed by atoms with E-state index in [9.17, 15) is 9.59 Å². The van der Waals surface area contributed by atoms with Gasteiger partial charge in [-0.25, -0.2) is 9.59 Å². The number of hydrogen-bond donors (Lipinski definition) is 0. The fourth-order valence-corrected chi connectivity index (χ4v) is 2.49. The number of benzene rings is 1. The van der Waals surface area contributed by atoms with Gasteiger partial charge in [0.1, 0.15) is 0 Å². The van der Waals surface area contributed by atoms with Crippen LogP contribution in [0.15, 0.2) is 54.9 Å². The summed E-state index contributed by atoms with van der Waals surface area (Å²) in [5.74, 6) is -0.780. The molecular weight excluding hydrogens is 342 g/mol. The molecule has 0 spiro atoms. The van der Waals surface area contributed by atoms with Crippen LogP contribution in [-0.2, 0) is 25.5 Å². The van der Waals surface area contributed by atoms with Gasteiger partial charge >= 0.3 is 11.9 Å². The maximum absolute atomic E-state index is 11.6. The summed E-state index contributed by atoms with van der Waals surface area (Å²) < 4.78 is 9.83. The standard InChI is InChI=1S/C22H23NO4/c1-3-26-21(24)9-7-17-12-18(8-10-22(25)27-4-2)14-20(13-17)15-19-6-5-11-23-16-19/h5-14,16H,3-4,15H2,1-2H3. The smallest absolute Gasteiger partial charge is 0.330 e. The highest BCUT2D eigenvalue weighted by Gasteiger charge is 2.03. The van der Waals surface area contributed by atoms with E-state index in [-0.39, 0.29) is 0 Å². The summed E-state index contributed by atoms with van der Waals surface area (Å²) in [6.45, 7) is 4.19. The summed E-state index contributed by atoms with van der Waals surface area (Å²) in [6.07, 6.45) is 10.4. The Labute approximate surface area is 159 Å². The van der Waals surface area contributed by atoms with Gasteiger partial charge in [0.15, 0.2) is 0 Å². The highest BCUT2D eigenvalue weighted by Crippen LogP contribution is 2.17. The summed E-state index contributed by atoms with van der Waals surface area (Å²) in [6, 6.07) is 9.76. The molecule has 0 unspecified atom stereocenters. The molecular formula is C22H23NO4. The Hall–Kier alpha value is -3.21. The van der Waals surface area contributed by atoms with Crippen LogP contribution < -0.4 is 0 Å². The van der Waals surface area contributed by atoms with Gasteiger partial charge in [-0.3, -0.25) is 4.98 Å². The molecule has 5 heteroatoms. The average Bonchev–Trinajstić information content (AvgIpc) is 2.66. The first kappa shape index (κ1) is 20.1. The maximum Gasteiger partial charge on any atom is 0.330 e. The zero-order valence-electron chi connectivity index (χ0n) is 15.6. The fourth-order valence-electron chi connectivity index (χ4n) is 2.49. The molecule has 0 aliphatic rings. The molecule has 0 N–H and O–H groups in total. The van der Waals surface area contributed by atoms with Crippen LogP contribution in [0, 0.1) is 0 Å². The average molecular weight is 365 g/mol. The van der Waals surface area contributed by atoms with Crippen molar-refractivity contribution in [3.63, 3.8) is 0 Å². The summed E-state index contributed by atoms with van der Waals surface area (Å²) in [7, 11) is 0. The van der Waals surface area contributed by atoms with Gasteiger partial charge < -0.3 is 9.47 Å². The molecule has 0 bridgehead atoms. The first-order valence-electron chi connectivity index (χ1n) is 8.83. The van der Waals surface area contributed by atoms with Crippen molar-refractivity contribution in [3.8, 4) is 0 Å². The molecule has 1 heterocycles. The predicted octanol–water partition coefficient (Wildman–Crippen LogP) is 3.83. The number of aromatic nitrogens is 1. The highest BCUT2D eigenvalue weighted by molar-refractivity contribution is 5.88. The molecule has 27 heavy (non-hydrogen) atoms. The topological polar surface area (TPSA) is 65.5 Å². The normalized spacial score (nSPS) is 11.0. The minimum Gasteiger partial charge on any atom is -0.463 e. The van der Waals surface area contributed by atoms with E-state index in [1.807, 2.05) is 36.5 Å². The van der Waals surface area contributed by atoms with E-state index in [2.05, 4.69) is 4.98 Å². The van der Waals surface area contributed by atoms with E-state index in [1.54, 1.807) is 32.2 Å². The van der Waals surface area contributed by atoms with Crippen molar-refractivity contribution in [1.29, 1.82) is 0 Å². The van der Waals surface area contributed by atoms with Gasteiger partial charge in [-0.15, -0.1) is 0 Å². The number of carbonyl (C=O) groups is 2. The second-order valence-corrected chi connectivity index (χ2v) is 5.72. The van der Waals surface area contributed by atoms with Crippen LogP contribution in [-0.4, -0.2) is 30.1 Å². The number of hydrogen-bond acceptors (Lipinski definition) is 5. The molecule has 0 saturated carbocycles. The van der Waals surface area contributed by atoms with Crippen LogP contribution in [0.5, 0.6) is 0 Å². The van der Waals surface area contributed by atoms with Gasteiger partial charge in [-0.05, 0) is 66.8 Å². The van der Waals surface area contributed by atoms with Crippen LogP contribution in [0.4, 0.5) is 0 Å². The molecule has 2 aromatic rings. The fraction of sp³-hybridized carbons (Fsp3) is 0.227. The van der Waals surface area contributed by atoms with E-state index < -0.39 is 11.9 Å². The number of nitrogens with zero attached hydrogens (tertiary/aromatic N) is 1. The second kappa shape index (κ2) is 10.7. The zero-order valence-corrected chi connectivity index (χ0v) is 15.6. The van der Waals surface area contributed by atoms with Gasteiger partial charge in [0, 0.05) is 24.5 Å². The molecule has 1 aromatic carbocycles. The summed E-state index contributed by atoms with van der Waals surface area (Å²) in [4.78, 5) is 27.3. The Balaban J connectivity index is 2.28. The third-order valence-corrected chi connectivity index (χ3v) is 3.57. The van der Waals surface area contributed by atoms with Crippen molar-refractivity contribution in [1.82, 2.24) is 4.98 Å². The summed E-state index contributed by atoms with van der Waals surface area (Å²) in [5.41, 5.74) is 3.79. The summed E-state index contributed by atoms with van der Waals surface area (Å²) >= 11 is 0. The van der Waals surface area contributed by atoms with Gasteiger partial charge in [-0.2, -0.15) is 0 Å². The van der Waals surface area contributed by atoms with E-state index in [4.69, 9.17) is 9.47 Å². The number of rotatable bonds is 8. The van der Waals surface area contributed by atoms with E-state index >= 15 is 0 Å². The summed E-state index contributed by atoms with van der Waals surface area (Å²) in [5, 5.41) is 0. The molecule has 0 amide bonds. The van der Waals surface area contributed by atoms with E-state index in [0.29, 0.717) is 19.6 Å². The third-order valence-electron chi connectivity index (χ3n) is 3.57. The predicted molar refractivity (Wildman–Crippen MR) is 105 cm³/mol. The van der Waals surface area contributed by atoms with E-state index in [1.165, 1.54) is 12.2 Å². The van der Waals surface area contributed by atoms with Crippen LogP contribution in [0.3, 0.4) is 0 Å². The molecule has 0 aliphatic carbocycles. The molecule has 0 fully saturated rings. The van der Waals surface area contributed by atoms with Crippen molar-refractivity contribution in [2.45, 2.75) is 20.3 Å². The van der Waals surface area contributed by atoms with Gasteiger partial charge in [0.2, 0.25) is 0 Å². The lowest BCUT2D eigenvalue weighted by atomic mass is 10.00. The van der Waals surface area contributed by atoms with Crippen LogP contribution in [0.2, 0.25) is 0 Å². The molecule has 0 radical (unpaired) electrons.